The fraction of sp³-hybridized carbons (Fsp3) is 0.533. The van der Waals surface area contributed by atoms with Gasteiger partial charge < -0.3 is 14.4 Å². The third-order valence-corrected chi connectivity index (χ3v) is 3.19. The quantitative estimate of drug-likeness (QED) is 0.679. The Labute approximate surface area is 134 Å². The summed E-state index contributed by atoms with van der Waals surface area (Å²) in [6.07, 6.45) is -0.722. The van der Waals surface area contributed by atoms with Gasteiger partial charge in [-0.05, 0) is 32.9 Å². The van der Waals surface area contributed by atoms with E-state index in [1.165, 1.54) is 6.07 Å². The van der Waals surface area contributed by atoms with Crippen LogP contribution < -0.4 is 10.2 Å². The average Bonchev–Trinajstić information content (AvgIpc) is 2.45. The molecule has 0 radical (unpaired) electrons. The highest BCUT2D eigenvalue weighted by molar-refractivity contribution is 5.89. The lowest BCUT2D eigenvalue weighted by molar-refractivity contribution is -0.383. The van der Waals surface area contributed by atoms with Crippen LogP contribution in [0.4, 0.5) is 21.9 Å². The number of hydrogen-bond donors (Lipinski definition) is 1. The van der Waals surface area contributed by atoms with E-state index in [2.05, 4.69) is 5.32 Å². The Morgan fingerprint density at radius 2 is 2.00 bits per heavy atom. The highest BCUT2D eigenvalue weighted by Gasteiger charge is 2.22. The fourth-order valence-electron chi connectivity index (χ4n) is 2.22. The van der Waals surface area contributed by atoms with E-state index in [4.69, 9.17) is 9.47 Å². The minimum atomic E-state index is -0.722. The van der Waals surface area contributed by atoms with Gasteiger partial charge in [0.05, 0.1) is 18.1 Å². The minimum Gasteiger partial charge on any atom is -0.444 e. The molecule has 8 heteroatoms. The number of nitro groups is 1. The van der Waals surface area contributed by atoms with Gasteiger partial charge in [-0.25, -0.2) is 4.79 Å². The van der Waals surface area contributed by atoms with Crippen LogP contribution in [-0.4, -0.2) is 42.9 Å². The summed E-state index contributed by atoms with van der Waals surface area (Å²) in [6, 6.07) is 4.65. The number of hydrogen-bond acceptors (Lipinski definition) is 6. The molecule has 8 nitrogen and oxygen atoms in total. The third kappa shape index (κ3) is 4.82. The number of carbonyl (C=O) groups excluding carboxylic acids is 1. The number of amides is 1. The van der Waals surface area contributed by atoms with Crippen molar-refractivity contribution in [2.45, 2.75) is 26.4 Å². The van der Waals surface area contributed by atoms with Gasteiger partial charge in [0.15, 0.2) is 0 Å². The minimum absolute atomic E-state index is 0.119. The second-order valence-electron chi connectivity index (χ2n) is 6.18. The van der Waals surface area contributed by atoms with Gasteiger partial charge in [-0.1, -0.05) is 0 Å². The number of morpholine rings is 1. The van der Waals surface area contributed by atoms with Crippen molar-refractivity contribution in [2.24, 2.45) is 0 Å². The van der Waals surface area contributed by atoms with Crippen molar-refractivity contribution in [1.82, 2.24) is 0 Å². The molecular formula is C15H21N3O5. The molecule has 1 aromatic carbocycles. The first kappa shape index (κ1) is 17.0. The highest BCUT2D eigenvalue weighted by atomic mass is 16.6. The molecular weight excluding hydrogens is 302 g/mol. The number of benzene rings is 1. The summed E-state index contributed by atoms with van der Waals surface area (Å²) in [6.45, 7) is 7.78. The van der Waals surface area contributed by atoms with Crippen LogP contribution in [0.15, 0.2) is 18.2 Å². The summed E-state index contributed by atoms with van der Waals surface area (Å²) >= 11 is 0. The van der Waals surface area contributed by atoms with Crippen LogP contribution in [0.5, 0.6) is 0 Å². The molecule has 0 aromatic heterocycles. The van der Waals surface area contributed by atoms with Crippen molar-refractivity contribution in [3.8, 4) is 0 Å². The lowest BCUT2D eigenvalue weighted by Crippen LogP contribution is -2.36. The average molecular weight is 323 g/mol. The molecule has 1 aliphatic heterocycles. The standard InChI is InChI=1S/C15H21N3O5/c1-15(2,3)23-14(19)16-12-10-11(4-5-13(12)18(20)21)17-6-8-22-9-7-17/h4-5,10H,6-9H2,1-3H3,(H,16,19). The number of rotatable bonds is 3. The van der Waals surface area contributed by atoms with E-state index in [9.17, 15) is 14.9 Å². The molecule has 0 unspecified atom stereocenters. The molecule has 1 amide bonds. The van der Waals surface area contributed by atoms with Gasteiger partial charge >= 0.3 is 6.09 Å². The Morgan fingerprint density at radius 1 is 1.35 bits per heavy atom. The molecule has 1 heterocycles. The molecule has 0 saturated carbocycles. The summed E-state index contributed by atoms with van der Waals surface area (Å²) in [5.74, 6) is 0. The monoisotopic (exact) mass is 323 g/mol. The summed E-state index contributed by atoms with van der Waals surface area (Å²) in [5, 5.41) is 13.6. The van der Waals surface area contributed by atoms with Crippen molar-refractivity contribution < 1.29 is 19.2 Å². The molecule has 1 fully saturated rings. The number of ether oxygens (including phenoxy) is 2. The Bertz CT molecular complexity index is 591. The van der Waals surface area contributed by atoms with Crippen molar-refractivity contribution in [2.75, 3.05) is 36.5 Å². The summed E-state index contributed by atoms with van der Waals surface area (Å²) < 4.78 is 10.4. The molecule has 1 saturated heterocycles. The first-order chi connectivity index (χ1) is 10.8. The van der Waals surface area contributed by atoms with Gasteiger partial charge in [-0.15, -0.1) is 0 Å². The second-order valence-corrected chi connectivity index (χ2v) is 6.18. The maximum Gasteiger partial charge on any atom is 0.412 e. The normalized spacial score (nSPS) is 15.2. The molecule has 0 aliphatic carbocycles. The lowest BCUT2D eigenvalue weighted by atomic mass is 10.2. The van der Waals surface area contributed by atoms with E-state index in [1.54, 1.807) is 32.9 Å². The van der Waals surface area contributed by atoms with Gasteiger partial charge in [0.1, 0.15) is 11.3 Å². The van der Waals surface area contributed by atoms with E-state index in [0.29, 0.717) is 26.3 Å². The Kier molecular flexibility index (Phi) is 5.05. The van der Waals surface area contributed by atoms with E-state index in [1.807, 2.05) is 4.90 Å². The van der Waals surface area contributed by atoms with Crippen LogP contribution >= 0.6 is 0 Å². The molecule has 0 spiro atoms. The predicted octanol–water partition coefficient (Wildman–Crippen LogP) is 2.78. The lowest BCUT2D eigenvalue weighted by Gasteiger charge is -2.29. The van der Waals surface area contributed by atoms with E-state index in [0.717, 1.165) is 5.69 Å². The zero-order chi connectivity index (χ0) is 17.0. The molecule has 126 valence electrons. The molecule has 1 aromatic rings. The number of anilines is 2. The van der Waals surface area contributed by atoms with Gasteiger partial charge in [0.25, 0.3) is 5.69 Å². The van der Waals surface area contributed by atoms with Crippen LogP contribution in [0, 0.1) is 10.1 Å². The van der Waals surface area contributed by atoms with Gasteiger partial charge in [-0.3, -0.25) is 15.4 Å². The second kappa shape index (κ2) is 6.82. The largest absolute Gasteiger partial charge is 0.444 e. The Morgan fingerprint density at radius 3 is 2.57 bits per heavy atom. The van der Waals surface area contributed by atoms with Crippen LogP contribution in [0.2, 0.25) is 0 Å². The van der Waals surface area contributed by atoms with Gasteiger partial charge in [0.2, 0.25) is 0 Å². The number of nitrogens with one attached hydrogen (secondary N) is 1. The van der Waals surface area contributed by atoms with Crippen molar-refractivity contribution in [3.05, 3.63) is 28.3 Å². The highest BCUT2D eigenvalue weighted by Crippen LogP contribution is 2.30. The van der Waals surface area contributed by atoms with Crippen LogP contribution in [-0.2, 0) is 9.47 Å². The van der Waals surface area contributed by atoms with Gasteiger partial charge in [0, 0.05) is 24.8 Å². The summed E-state index contributed by atoms with van der Waals surface area (Å²) in [5.41, 5.74) is 0.0619. The van der Waals surface area contributed by atoms with Crippen molar-refractivity contribution in [3.63, 3.8) is 0 Å². The first-order valence-electron chi connectivity index (χ1n) is 7.37. The third-order valence-electron chi connectivity index (χ3n) is 3.19. The summed E-state index contributed by atoms with van der Waals surface area (Å²) in [4.78, 5) is 24.6. The fourth-order valence-corrected chi connectivity index (χ4v) is 2.22. The van der Waals surface area contributed by atoms with Crippen LogP contribution in [0.3, 0.4) is 0 Å². The molecule has 23 heavy (non-hydrogen) atoms. The maximum atomic E-state index is 11.9. The first-order valence-corrected chi connectivity index (χ1v) is 7.37. The molecule has 0 atom stereocenters. The van der Waals surface area contributed by atoms with Gasteiger partial charge in [-0.2, -0.15) is 0 Å². The van der Waals surface area contributed by atoms with E-state index in [-0.39, 0.29) is 11.4 Å². The predicted molar refractivity (Wildman–Crippen MR) is 86.0 cm³/mol. The van der Waals surface area contributed by atoms with Crippen molar-refractivity contribution in [1.29, 1.82) is 0 Å². The Hall–Kier alpha value is -2.35. The maximum absolute atomic E-state index is 11.9. The smallest absolute Gasteiger partial charge is 0.412 e. The summed E-state index contributed by atoms with van der Waals surface area (Å²) in [7, 11) is 0. The number of nitro benzene ring substituents is 1. The van der Waals surface area contributed by atoms with Crippen LogP contribution in [0.25, 0.3) is 0 Å². The molecule has 1 aliphatic rings. The molecule has 2 rings (SSSR count). The van der Waals surface area contributed by atoms with E-state index < -0.39 is 16.6 Å². The number of carbonyl (C=O) groups is 1. The zero-order valence-corrected chi connectivity index (χ0v) is 13.5. The van der Waals surface area contributed by atoms with Crippen molar-refractivity contribution >= 4 is 23.2 Å². The zero-order valence-electron chi connectivity index (χ0n) is 13.5. The number of nitrogens with zero attached hydrogens (tertiary/aromatic N) is 2. The molecule has 1 N–H and O–H groups in total. The Balaban J connectivity index is 2.23. The van der Waals surface area contributed by atoms with E-state index >= 15 is 0 Å². The molecule has 0 bridgehead atoms. The van der Waals surface area contributed by atoms with Crippen LogP contribution in [0.1, 0.15) is 20.8 Å². The topological polar surface area (TPSA) is 93.9 Å². The SMILES string of the molecule is CC(C)(C)OC(=O)Nc1cc(N2CCOCC2)ccc1[N+](=O)[O-].